The fourth-order valence-corrected chi connectivity index (χ4v) is 1.93. The molecule has 1 N–H and O–H groups in total. The van der Waals surface area contributed by atoms with Gasteiger partial charge in [-0.1, -0.05) is 29.8 Å². The highest BCUT2D eigenvalue weighted by molar-refractivity contribution is 9.10. The first-order chi connectivity index (χ1) is 7.08. The largest absolute Gasteiger partial charge is 0.352 e. The molecule has 0 aliphatic rings. The third kappa shape index (κ3) is 1.97. The minimum absolute atomic E-state index is 0.0292. The normalized spacial score (nSPS) is 11.2. The number of hydrogen-bond donors (Lipinski definition) is 1. The van der Waals surface area contributed by atoms with Crippen LogP contribution in [0.15, 0.2) is 28.7 Å². The molecule has 0 fully saturated rings. The molecule has 0 bridgehead atoms. The number of aromatic nitrogens is 1. The van der Waals surface area contributed by atoms with Crippen molar-refractivity contribution in [3.8, 4) is 0 Å². The number of carbonyl (C=O) groups excluding carboxylic acids is 1. The van der Waals surface area contributed by atoms with E-state index in [2.05, 4.69) is 20.9 Å². The summed E-state index contributed by atoms with van der Waals surface area (Å²) < 4.78 is 1.03. The van der Waals surface area contributed by atoms with E-state index in [9.17, 15) is 4.79 Å². The zero-order chi connectivity index (χ0) is 11.0. The van der Waals surface area contributed by atoms with Gasteiger partial charge < -0.3 is 4.98 Å². The van der Waals surface area contributed by atoms with Gasteiger partial charge in [-0.15, -0.1) is 0 Å². The third-order valence-electron chi connectivity index (χ3n) is 2.37. The van der Waals surface area contributed by atoms with Crippen LogP contribution < -0.4 is 0 Å². The first kappa shape index (κ1) is 10.4. The number of H-pyrrole nitrogens is 1. The molecule has 0 saturated heterocycles. The van der Waals surface area contributed by atoms with E-state index in [4.69, 9.17) is 0 Å². The minimum atomic E-state index is 0.0292. The Hall–Kier alpha value is -1.09. The first-order valence-electron chi connectivity index (χ1n) is 4.90. The molecule has 2 rings (SSSR count). The topological polar surface area (TPSA) is 32.9 Å². The van der Waals surface area contributed by atoms with E-state index in [1.807, 2.05) is 38.1 Å². The van der Waals surface area contributed by atoms with Gasteiger partial charge in [0.05, 0.1) is 5.69 Å². The lowest BCUT2D eigenvalue weighted by Gasteiger charge is -1.99. The second kappa shape index (κ2) is 3.81. The molecular weight excluding hydrogens is 254 g/mol. The standard InChI is InChI=1S/C12H12BrNO/c1-7(2)12(15)11-6-8-5-9(13)3-4-10(8)14-11/h3-7,14H,1-2H3. The number of ketones is 1. The molecule has 0 amide bonds. The average molecular weight is 266 g/mol. The van der Waals surface area contributed by atoms with E-state index in [1.54, 1.807) is 0 Å². The van der Waals surface area contributed by atoms with Crippen LogP contribution in [0.3, 0.4) is 0 Å². The zero-order valence-electron chi connectivity index (χ0n) is 8.67. The molecule has 0 saturated carbocycles. The summed E-state index contributed by atoms with van der Waals surface area (Å²) in [5.74, 6) is 0.184. The molecule has 0 radical (unpaired) electrons. The Labute approximate surface area is 96.8 Å². The van der Waals surface area contributed by atoms with Crippen molar-refractivity contribution in [2.75, 3.05) is 0 Å². The van der Waals surface area contributed by atoms with Gasteiger partial charge in [0.1, 0.15) is 0 Å². The van der Waals surface area contributed by atoms with Crippen molar-refractivity contribution in [2.24, 2.45) is 5.92 Å². The maximum absolute atomic E-state index is 11.8. The fourth-order valence-electron chi connectivity index (χ4n) is 1.55. The summed E-state index contributed by atoms with van der Waals surface area (Å²) in [5, 5.41) is 1.06. The molecule has 1 aromatic heterocycles. The molecule has 0 atom stereocenters. The second-order valence-electron chi connectivity index (χ2n) is 3.93. The second-order valence-corrected chi connectivity index (χ2v) is 4.85. The van der Waals surface area contributed by atoms with Gasteiger partial charge in [-0.3, -0.25) is 4.79 Å². The van der Waals surface area contributed by atoms with Gasteiger partial charge in [-0.2, -0.15) is 0 Å². The summed E-state index contributed by atoms with van der Waals surface area (Å²) in [4.78, 5) is 14.9. The van der Waals surface area contributed by atoms with Crippen LogP contribution in [0.5, 0.6) is 0 Å². The van der Waals surface area contributed by atoms with Crippen molar-refractivity contribution in [3.63, 3.8) is 0 Å². The van der Waals surface area contributed by atoms with Crippen molar-refractivity contribution in [2.45, 2.75) is 13.8 Å². The molecule has 3 heteroatoms. The molecule has 0 aliphatic carbocycles. The highest BCUT2D eigenvalue weighted by atomic mass is 79.9. The Bertz CT molecular complexity index is 513. The van der Waals surface area contributed by atoms with Gasteiger partial charge >= 0.3 is 0 Å². The van der Waals surface area contributed by atoms with Crippen LogP contribution in [0.25, 0.3) is 10.9 Å². The highest BCUT2D eigenvalue weighted by Gasteiger charge is 2.12. The molecule has 78 valence electrons. The Kier molecular flexibility index (Phi) is 2.65. The van der Waals surface area contributed by atoms with Gasteiger partial charge in [0.15, 0.2) is 5.78 Å². The quantitative estimate of drug-likeness (QED) is 0.824. The number of aromatic amines is 1. The van der Waals surface area contributed by atoms with Crippen molar-refractivity contribution in [1.29, 1.82) is 0 Å². The number of Topliss-reactive ketones (excluding diaryl/α,β-unsaturated/α-hetero) is 1. The summed E-state index contributed by atoms with van der Waals surface area (Å²) in [6, 6.07) is 7.84. The number of hydrogen-bond acceptors (Lipinski definition) is 1. The minimum Gasteiger partial charge on any atom is -0.352 e. The molecule has 0 aliphatic heterocycles. The SMILES string of the molecule is CC(C)C(=O)c1cc2cc(Br)ccc2[nH]1. The van der Waals surface area contributed by atoms with Gasteiger partial charge in [0, 0.05) is 21.3 Å². The van der Waals surface area contributed by atoms with E-state index in [0.717, 1.165) is 15.4 Å². The molecule has 2 nitrogen and oxygen atoms in total. The van der Waals surface area contributed by atoms with E-state index in [1.165, 1.54) is 0 Å². The Morgan fingerprint density at radius 1 is 1.33 bits per heavy atom. The molecule has 0 spiro atoms. The summed E-state index contributed by atoms with van der Waals surface area (Å²) in [7, 11) is 0. The smallest absolute Gasteiger partial charge is 0.181 e. The molecule has 1 aromatic carbocycles. The van der Waals surface area contributed by atoms with Crippen LogP contribution in [0.4, 0.5) is 0 Å². The molecular formula is C12H12BrNO. The summed E-state index contributed by atoms with van der Waals surface area (Å²) >= 11 is 3.41. The number of benzene rings is 1. The first-order valence-corrected chi connectivity index (χ1v) is 5.69. The van der Waals surface area contributed by atoms with Crippen molar-refractivity contribution in [3.05, 3.63) is 34.4 Å². The van der Waals surface area contributed by atoms with Crippen molar-refractivity contribution < 1.29 is 4.79 Å². The maximum atomic E-state index is 11.8. The van der Waals surface area contributed by atoms with Gasteiger partial charge in [0.25, 0.3) is 0 Å². The maximum Gasteiger partial charge on any atom is 0.181 e. The summed E-state index contributed by atoms with van der Waals surface area (Å²) in [6.45, 7) is 3.81. The molecule has 15 heavy (non-hydrogen) atoms. The molecule has 0 unspecified atom stereocenters. The lowest BCUT2D eigenvalue weighted by molar-refractivity contribution is 0.0935. The van der Waals surface area contributed by atoms with Crippen LogP contribution in [-0.2, 0) is 0 Å². The van der Waals surface area contributed by atoms with Crippen LogP contribution in [0, 0.1) is 5.92 Å². The van der Waals surface area contributed by atoms with Crippen molar-refractivity contribution in [1.82, 2.24) is 4.98 Å². The van der Waals surface area contributed by atoms with Crippen LogP contribution in [0.1, 0.15) is 24.3 Å². The molecule has 2 aromatic rings. The lowest BCUT2D eigenvalue weighted by Crippen LogP contribution is -2.07. The predicted octanol–water partition coefficient (Wildman–Crippen LogP) is 3.77. The number of fused-ring (bicyclic) bond motifs is 1. The fraction of sp³-hybridized carbons (Fsp3) is 0.250. The predicted molar refractivity (Wildman–Crippen MR) is 65.2 cm³/mol. The Morgan fingerprint density at radius 3 is 2.73 bits per heavy atom. The monoisotopic (exact) mass is 265 g/mol. The van der Waals surface area contributed by atoms with Crippen LogP contribution in [-0.4, -0.2) is 10.8 Å². The third-order valence-corrected chi connectivity index (χ3v) is 2.87. The number of nitrogens with one attached hydrogen (secondary N) is 1. The number of halogens is 1. The van der Waals surface area contributed by atoms with E-state index < -0.39 is 0 Å². The van der Waals surface area contributed by atoms with E-state index in [0.29, 0.717) is 5.69 Å². The van der Waals surface area contributed by atoms with E-state index >= 15 is 0 Å². The number of rotatable bonds is 2. The zero-order valence-corrected chi connectivity index (χ0v) is 10.3. The Balaban J connectivity index is 2.52. The highest BCUT2D eigenvalue weighted by Crippen LogP contribution is 2.21. The summed E-state index contributed by atoms with van der Waals surface area (Å²) in [5.41, 5.74) is 1.69. The Morgan fingerprint density at radius 2 is 2.07 bits per heavy atom. The average Bonchev–Trinajstić information content (AvgIpc) is 2.58. The lowest BCUT2D eigenvalue weighted by atomic mass is 10.1. The van der Waals surface area contributed by atoms with Crippen LogP contribution >= 0.6 is 15.9 Å². The summed E-state index contributed by atoms with van der Waals surface area (Å²) in [6.07, 6.45) is 0. The number of carbonyl (C=O) groups is 1. The van der Waals surface area contributed by atoms with Gasteiger partial charge in [-0.05, 0) is 24.3 Å². The van der Waals surface area contributed by atoms with Crippen molar-refractivity contribution >= 4 is 32.6 Å². The van der Waals surface area contributed by atoms with Crippen LogP contribution in [0.2, 0.25) is 0 Å². The van der Waals surface area contributed by atoms with Gasteiger partial charge in [-0.25, -0.2) is 0 Å². The van der Waals surface area contributed by atoms with Gasteiger partial charge in [0.2, 0.25) is 0 Å². The molecule has 1 heterocycles. The van der Waals surface area contributed by atoms with E-state index in [-0.39, 0.29) is 11.7 Å².